The number of likely N-dealkylation sites (tertiary alicyclic amines) is 1. The third-order valence-electron chi connectivity index (χ3n) is 6.05. The van der Waals surface area contributed by atoms with Gasteiger partial charge in [-0.2, -0.15) is 26.3 Å². The maximum atomic E-state index is 13.2. The molecule has 1 atom stereocenters. The Labute approximate surface area is 202 Å². The van der Waals surface area contributed by atoms with Gasteiger partial charge >= 0.3 is 12.4 Å². The van der Waals surface area contributed by atoms with Crippen molar-refractivity contribution in [1.29, 1.82) is 0 Å². The molecular weight excluding hydrogens is 507 g/mol. The SMILES string of the molecule is O=C(Cc1cc(C(F)(F)F)cc(C(F)(F)F)c1)N1CCCC(CCO)(c2ccc(Cl)c(Cl)c2)C1. The molecule has 1 saturated heterocycles. The minimum absolute atomic E-state index is 0.0332. The van der Waals surface area contributed by atoms with Crippen LogP contribution in [-0.2, 0) is 29.0 Å². The summed E-state index contributed by atoms with van der Waals surface area (Å²) in [4.78, 5) is 14.4. The maximum absolute atomic E-state index is 13.2. The Kier molecular flexibility index (Phi) is 7.79. The Bertz CT molecular complexity index is 1020. The summed E-state index contributed by atoms with van der Waals surface area (Å²) in [5, 5.41) is 10.3. The first-order chi connectivity index (χ1) is 15.7. The van der Waals surface area contributed by atoms with Crippen LogP contribution in [0.15, 0.2) is 36.4 Å². The van der Waals surface area contributed by atoms with Gasteiger partial charge in [-0.3, -0.25) is 4.79 Å². The molecule has 11 heteroatoms. The second kappa shape index (κ2) is 9.95. The van der Waals surface area contributed by atoms with Crippen LogP contribution in [0.4, 0.5) is 26.3 Å². The fraction of sp³-hybridized carbons (Fsp3) is 0.435. The molecule has 1 heterocycles. The number of amides is 1. The van der Waals surface area contributed by atoms with Crippen LogP contribution < -0.4 is 0 Å². The summed E-state index contributed by atoms with van der Waals surface area (Å²) in [7, 11) is 0. The molecule has 2 aromatic rings. The van der Waals surface area contributed by atoms with E-state index in [4.69, 9.17) is 23.2 Å². The zero-order chi connectivity index (χ0) is 25.3. The zero-order valence-electron chi connectivity index (χ0n) is 17.7. The average molecular weight is 528 g/mol. The van der Waals surface area contributed by atoms with E-state index in [0.29, 0.717) is 41.6 Å². The van der Waals surface area contributed by atoms with Crippen LogP contribution in [0, 0.1) is 0 Å². The van der Waals surface area contributed by atoms with Crippen molar-refractivity contribution in [2.75, 3.05) is 19.7 Å². The van der Waals surface area contributed by atoms with Gasteiger partial charge in [0.05, 0.1) is 27.6 Å². The predicted octanol–water partition coefficient (Wildman–Crippen LogP) is 6.52. The molecule has 1 aliphatic heterocycles. The van der Waals surface area contributed by atoms with Crippen LogP contribution in [0.2, 0.25) is 10.0 Å². The quantitative estimate of drug-likeness (QED) is 0.450. The zero-order valence-corrected chi connectivity index (χ0v) is 19.3. The lowest BCUT2D eigenvalue weighted by molar-refractivity contribution is -0.143. The van der Waals surface area contributed by atoms with Crippen LogP contribution in [0.1, 0.15) is 41.5 Å². The van der Waals surface area contributed by atoms with E-state index in [1.165, 1.54) is 4.90 Å². The summed E-state index contributed by atoms with van der Waals surface area (Å²) in [5.41, 5.74) is -3.24. The highest BCUT2D eigenvalue weighted by Crippen LogP contribution is 2.40. The molecule has 1 fully saturated rings. The molecule has 2 aromatic carbocycles. The highest BCUT2D eigenvalue weighted by atomic mass is 35.5. The van der Waals surface area contributed by atoms with Gasteiger partial charge in [-0.1, -0.05) is 29.3 Å². The Morgan fingerprint density at radius 3 is 2.12 bits per heavy atom. The summed E-state index contributed by atoms with van der Waals surface area (Å²) in [6.07, 6.45) is -9.18. The van der Waals surface area contributed by atoms with Gasteiger partial charge in [0.1, 0.15) is 0 Å². The van der Waals surface area contributed by atoms with E-state index < -0.39 is 41.2 Å². The van der Waals surface area contributed by atoms with E-state index in [1.54, 1.807) is 18.2 Å². The lowest BCUT2D eigenvalue weighted by Gasteiger charge is -2.43. The molecule has 1 unspecified atom stereocenters. The van der Waals surface area contributed by atoms with Gasteiger partial charge in [0.25, 0.3) is 0 Å². The lowest BCUT2D eigenvalue weighted by Crippen LogP contribution is -2.49. The van der Waals surface area contributed by atoms with Crippen LogP contribution in [0.3, 0.4) is 0 Å². The summed E-state index contributed by atoms with van der Waals surface area (Å²) < 4.78 is 78.9. The number of benzene rings is 2. The number of carbonyl (C=O) groups excluding carboxylic acids is 1. The number of aliphatic hydroxyl groups is 1. The van der Waals surface area contributed by atoms with Gasteiger partial charge < -0.3 is 10.0 Å². The second-order valence-corrected chi connectivity index (χ2v) is 9.21. The van der Waals surface area contributed by atoms with Crippen molar-refractivity contribution in [3.63, 3.8) is 0 Å². The monoisotopic (exact) mass is 527 g/mol. The van der Waals surface area contributed by atoms with E-state index in [9.17, 15) is 36.2 Å². The molecular formula is C23H21Cl2F6NO2. The number of piperidine rings is 1. The van der Waals surface area contributed by atoms with Crippen LogP contribution in [0.25, 0.3) is 0 Å². The number of nitrogens with zero attached hydrogens (tertiary/aromatic N) is 1. The fourth-order valence-electron chi connectivity index (χ4n) is 4.38. The summed E-state index contributed by atoms with van der Waals surface area (Å²) in [6.45, 7) is 0.235. The number of rotatable bonds is 5. The molecule has 0 radical (unpaired) electrons. The van der Waals surface area contributed by atoms with E-state index in [-0.39, 0.29) is 31.2 Å². The van der Waals surface area contributed by atoms with Crippen molar-refractivity contribution in [3.05, 3.63) is 68.7 Å². The summed E-state index contributed by atoms with van der Waals surface area (Å²) in [5.74, 6) is -0.602. The summed E-state index contributed by atoms with van der Waals surface area (Å²) >= 11 is 12.1. The number of halogens is 8. The molecule has 0 spiro atoms. The molecule has 0 aromatic heterocycles. The van der Waals surface area contributed by atoms with Gasteiger partial charge in [-0.15, -0.1) is 0 Å². The van der Waals surface area contributed by atoms with Crippen LogP contribution in [-0.4, -0.2) is 35.6 Å². The van der Waals surface area contributed by atoms with Gasteiger partial charge in [-0.05, 0) is 60.7 Å². The highest BCUT2D eigenvalue weighted by Gasteiger charge is 2.40. The molecule has 0 saturated carbocycles. The Morgan fingerprint density at radius 2 is 1.59 bits per heavy atom. The molecule has 3 nitrogen and oxygen atoms in total. The maximum Gasteiger partial charge on any atom is 0.416 e. The molecule has 3 rings (SSSR count). The van der Waals surface area contributed by atoms with E-state index >= 15 is 0 Å². The smallest absolute Gasteiger partial charge is 0.396 e. The molecule has 186 valence electrons. The molecule has 1 aliphatic rings. The molecule has 0 aliphatic carbocycles. The van der Waals surface area contributed by atoms with Gasteiger partial charge in [0.2, 0.25) is 5.91 Å². The predicted molar refractivity (Wildman–Crippen MR) is 116 cm³/mol. The van der Waals surface area contributed by atoms with Gasteiger partial charge in [0.15, 0.2) is 0 Å². The lowest BCUT2D eigenvalue weighted by atomic mass is 9.72. The standard InChI is InChI=1S/C23H21Cl2F6NO2/c24-18-3-2-15(12-19(18)25)21(5-7-33)4-1-6-32(13-21)20(34)10-14-8-16(22(26,27)28)11-17(9-14)23(29,30)31/h2-3,8-9,11-12,33H,1,4-7,10,13H2. The van der Waals surface area contributed by atoms with E-state index in [0.717, 1.165) is 5.56 Å². The fourth-order valence-corrected chi connectivity index (χ4v) is 4.67. The van der Waals surface area contributed by atoms with Crippen molar-refractivity contribution < 1.29 is 36.2 Å². The molecule has 0 bridgehead atoms. The number of aliphatic hydroxyl groups excluding tert-OH is 1. The molecule has 34 heavy (non-hydrogen) atoms. The topological polar surface area (TPSA) is 40.5 Å². The largest absolute Gasteiger partial charge is 0.416 e. The van der Waals surface area contributed by atoms with Crippen molar-refractivity contribution in [2.24, 2.45) is 0 Å². The number of alkyl halides is 6. The Hall–Kier alpha value is -1.97. The van der Waals surface area contributed by atoms with Crippen molar-refractivity contribution >= 4 is 29.1 Å². The number of hydrogen-bond donors (Lipinski definition) is 1. The summed E-state index contributed by atoms with van der Waals surface area (Å²) in [6, 6.07) is 6.15. The van der Waals surface area contributed by atoms with Crippen molar-refractivity contribution in [3.8, 4) is 0 Å². The normalized spacial score (nSPS) is 19.4. The van der Waals surface area contributed by atoms with E-state index in [1.807, 2.05) is 0 Å². The first-order valence-corrected chi connectivity index (χ1v) is 11.1. The molecule has 1 N–H and O–H groups in total. The minimum Gasteiger partial charge on any atom is -0.396 e. The van der Waals surface area contributed by atoms with Crippen LogP contribution >= 0.6 is 23.2 Å². The number of hydrogen-bond acceptors (Lipinski definition) is 2. The first-order valence-electron chi connectivity index (χ1n) is 10.4. The highest BCUT2D eigenvalue weighted by molar-refractivity contribution is 6.42. The second-order valence-electron chi connectivity index (χ2n) is 8.39. The van der Waals surface area contributed by atoms with E-state index in [2.05, 4.69) is 0 Å². The molecule has 1 amide bonds. The van der Waals surface area contributed by atoms with Crippen LogP contribution in [0.5, 0.6) is 0 Å². The third kappa shape index (κ3) is 5.98. The average Bonchev–Trinajstić information content (AvgIpc) is 2.74. The van der Waals surface area contributed by atoms with Gasteiger partial charge in [0, 0.05) is 25.1 Å². The Balaban J connectivity index is 1.89. The first kappa shape index (κ1) is 26.6. The number of carbonyl (C=O) groups is 1. The third-order valence-corrected chi connectivity index (χ3v) is 6.79. The minimum atomic E-state index is -4.99. The van der Waals surface area contributed by atoms with Crippen molar-refractivity contribution in [2.45, 2.75) is 43.5 Å². The van der Waals surface area contributed by atoms with Gasteiger partial charge in [-0.25, -0.2) is 0 Å². The Morgan fingerprint density at radius 1 is 0.971 bits per heavy atom. The van der Waals surface area contributed by atoms with Crippen molar-refractivity contribution in [1.82, 2.24) is 4.90 Å².